The molecule has 1 aliphatic heterocycles. The summed E-state index contributed by atoms with van der Waals surface area (Å²) in [6.45, 7) is 0. The highest BCUT2D eigenvalue weighted by molar-refractivity contribution is 8.30. The first-order valence-electron chi connectivity index (χ1n) is 1.62. The Bertz CT molecular complexity index is 89.1. The number of hydrazone groups is 1. The highest BCUT2D eigenvalue weighted by Crippen LogP contribution is 2.31. The summed E-state index contributed by atoms with van der Waals surface area (Å²) in [6.07, 6.45) is 0. The van der Waals surface area contributed by atoms with Crippen molar-refractivity contribution in [2.75, 3.05) is 0 Å². The average Bonchev–Trinajstić information content (AvgIpc) is 1.84. The number of nitrogens with one attached hydrogen (secondary N) is 1. The summed E-state index contributed by atoms with van der Waals surface area (Å²) >= 11 is 9.51. The fourth-order valence-electron chi connectivity index (χ4n) is 0.237. The van der Waals surface area contributed by atoms with Crippen LogP contribution in [-0.4, -0.2) is 9.08 Å². The average molecular weight is 152 g/mol. The van der Waals surface area contributed by atoms with Crippen molar-refractivity contribution in [3.05, 3.63) is 0 Å². The van der Waals surface area contributed by atoms with E-state index in [1.807, 2.05) is 0 Å². The first-order chi connectivity index (χ1) is 3.21. The number of hydrogen-bond donors (Lipinski definition) is 3. The lowest BCUT2D eigenvalue weighted by molar-refractivity contribution is 0.830. The molecule has 0 aromatic carbocycles. The lowest BCUT2D eigenvalue weighted by Gasteiger charge is -2.10. The molecule has 1 N–H and O–H groups in total. The van der Waals surface area contributed by atoms with Gasteiger partial charge in [0.25, 0.3) is 0 Å². The van der Waals surface area contributed by atoms with E-state index in [0.717, 1.165) is 0 Å². The van der Waals surface area contributed by atoms with Crippen molar-refractivity contribution in [2.24, 2.45) is 5.10 Å². The van der Waals surface area contributed by atoms with Gasteiger partial charge >= 0.3 is 0 Å². The molecule has 1 heterocycles. The van der Waals surface area contributed by atoms with Crippen LogP contribution in [0.2, 0.25) is 0 Å². The molecular formula is C2H4N2S3. The van der Waals surface area contributed by atoms with E-state index < -0.39 is 3.54 Å². The van der Waals surface area contributed by atoms with Crippen LogP contribution in [0.4, 0.5) is 0 Å². The Kier molecular flexibility index (Phi) is 1.45. The van der Waals surface area contributed by atoms with E-state index in [9.17, 15) is 0 Å². The molecule has 7 heavy (non-hydrogen) atoms. The number of nitrogens with zero attached hydrogens (tertiary/aromatic N) is 1. The van der Waals surface area contributed by atoms with Gasteiger partial charge in [0, 0.05) is 0 Å². The lowest BCUT2D eigenvalue weighted by atomic mass is 11.4. The molecule has 0 saturated heterocycles. The summed E-state index contributed by atoms with van der Waals surface area (Å²) < 4.78 is -0.472. The first kappa shape index (κ1) is 5.65. The highest BCUT2D eigenvalue weighted by atomic mass is 32.2. The van der Waals surface area contributed by atoms with E-state index in [1.165, 1.54) is 11.8 Å². The van der Waals surface area contributed by atoms with Gasteiger partial charge in [0.15, 0.2) is 3.54 Å². The highest BCUT2D eigenvalue weighted by Gasteiger charge is 2.21. The van der Waals surface area contributed by atoms with Crippen molar-refractivity contribution in [2.45, 2.75) is 3.54 Å². The molecule has 1 rings (SSSR count). The Hall–Kier alpha value is 0.520. The smallest absolute Gasteiger partial charge is 0.193 e. The van der Waals surface area contributed by atoms with E-state index in [0.29, 0.717) is 0 Å². The molecule has 0 aliphatic carbocycles. The molecule has 0 aromatic rings. The molecular weight excluding hydrogens is 148 g/mol. The quantitative estimate of drug-likeness (QED) is 0.352. The van der Waals surface area contributed by atoms with E-state index in [-0.39, 0.29) is 0 Å². The topological polar surface area (TPSA) is 24.4 Å². The second-order valence-electron chi connectivity index (χ2n) is 1.07. The van der Waals surface area contributed by atoms with Gasteiger partial charge < -0.3 is 0 Å². The van der Waals surface area contributed by atoms with Gasteiger partial charge in [0.05, 0.1) is 5.55 Å². The largest absolute Gasteiger partial charge is 0.275 e. The van der Waals surface area contributed by atoms with Gasteiger partial charge in [-0.25, -0.2) is 0 Å². The summed E-state index contributed by atoms with van der Waals surface area (Å²) in [7, 11) is 0. The molecule has 0 aromatic heterocycles. The maximum absolute atomic E-state index is 4.04. The van der Waals surface area contributed by atoms with Gasteiger partial charge in [-0.05, 0) is 0 Å². The molecule has 5 heteroatoms. The van der Waals surface area contributed by atoms with Crippen LogP contribution >= 0.6 is 37.0 Å². The molecule has 0 fully saturated rings. The standard InChI is InChI=1S/C2H4N2S3/c5-2(6)4-3-1-7-2/h1,4-6H. The summed E-state index contributed by atoms with van der Waals surface area (Å²) in [6, 6.07) is 0. The van der Waals surface area contributed by atoms with E-state index >= 15 is 0 Å². The summed E-state index contributed by atoms with van der Waals surface area (Å²) in [5.41, 5.74) is 4.32. The normalized spacial score (nSPS) is 24.9. The van der Waals surface area contributed by atoms with Gasteiger partial charge in [-0.3, -0.25) is 5.43 Å². The van der Waals surface area contributed by atoms with E-state index in [2.05, 4.69) is 35.8 Å². The van der Waals surface area contributed by atoms with Crippen LogP contribution in [-0.2, 0) is 0 Å². The molecule has 40 valence electrons. The molecule has 0 bridgehead atoms. The van der Waals surface area contributed by atoms with Crippen LogP contribution in [0, 0.1) is 0 Å². The van der Waals surface area contributed by atoms with Gasteiger partial charge in [0.2, 0.25) is 0 Å². The third kappa shape index (κ3) is 1.47. The fourth-order valence-corrected chi connectivity index (χ4v) is 0.993. The third-order valence-corrected chi connectivity index (χ3v) is 1.94. The zero-order chi connectivity index (χ0) is 5.33. The second-order valence-corrected chi connectivity index (χ2v) is 4.43. The van der Waals surface area contributed by atoms with Gasteiger partial charge in [-0.2, -0.15) is 5.10 Å². The molecule has 0 atom stereocenters. The summed E-state index contributed by atoms with van der Waals surface area (Å²) in [4.78, 5) is 0. The van der Waals surface area contributed by atoms with Crippen molar-refractivity contribution in [1.29, 1.82) is 0 Å². The van der Waals surface area contributed by atoms with Crippen molar-refractivity contribution in [3.8, 4) is 0 Å². The van der Waals surface area contributed by atoms with Crippen LogP contribution in [0.15, 0.2) is 5.10 Å². The van der Waals surface area contributed by atoms with E-state index in [1.54, 1.807) is 5.55 Å². The first-order valence-corrected chi connectivity index (χ1v) is 3.39. The van der Waals surface area contributed by atoms with E-state index in [4.69, 9.17) is 0 Å². The van der Waals surface area contributed by atoms with Crippen molar-refractivity contribution >= 4 is 42.6 Å². The van der Waals surface area contributed by atoms with Crippen molar-refractivity contribution in [1.82, 2.24) is 5.43 Å². The molecule has 0 amide bonds. The fraction of sp³-hybridized carbons (Fsp3) is 0.500. The van der Waals surface area contributed by atoms with Crippen molar-refractivity contribution < 1.29 is 0 Å². The number of rotatable bonds is 0. The molecule has 2 nitrogen and oxygen atoms in total. The second kappa shape index (κ2) is 1.80. The Morgan fingerprint density at radius 2 is 2.43 bits per heavy atom. The Morgan fingerprint density at radius 3 is 2.57 bits per heavy atom. The third-order valence-electron chi connectivity index (χ3n) is 0.480. The van der Waals surface area contributed by atoms with Crippen LogP contribution < -0.4 is 5.43 Å². The Labute approximate surface area is 56.9 Å². The van der Waals surface area contributed by atoms with Crippen LogP contribution in [0.5, 0.6) is 0 Å². The monoisotopic (exact) mass is 152 g/mol. The van der Waals surface area contributed by atoms with Crippen LogP contribution in [0.3, 0.4) is 0 Å². The minimum Gasteiger partial charge on any atom is -0.275 e. The maximum atomic E-state index is 4.04. The Morgan fingerprint density at radius 1 is 1.71 bits per heavy atom. The van der Waals surface area contributed by atoms with Crippen LogP contribution in [0.1, 0.15) is 0 Å². The van der Waals surface area contributed by atoms with Gasteiger partial charge in [-0.15, -0.1) is 25.3 Å². The molecule has 1 aliphatic rings. The predicted octanol–water partition coefficient (Wildman–Crippen LogP) is 0.737. The number of thiol groups is 2. The lowest BCUT2D eigenvalue weighted by Crippen LogP contribution is -2.20. The maximum Gasteiger partial charge on any atom is 0.193 e. The summed E-state index contributed by atoms with van der Waals surface area (Å²) in [5, 5.41) is 3.67. The summed E-state index contributed by atoms with van der Waals surface area (Å²) in [5.74, 6) is 0. The Balaban J connectivity index is 2.49. The van der Waals surface area contributed by atoms with Crippen LogP contribution in [0.25, 0.3) is 0 Å². The minimum absolute atomic E-state index is 0.472. The molecule has 0 unspecified atom stereocenters. The molecule has 0 saturated carbocycles. The number of hydrogen-bond acceptors (Lipinski definition) is 5. The number of thioether (sulfide) groups is 1. The zero-order valence-corrected chi connectivity index (χ0v) is 5.93. The van der Waals surface area contributed by atoms with Crippen molar-refractivity contribution in [3.63, 3.8) is 0 Å². The van der Waals surface area contributed by atoms with Gasteiger partial charge in [-0.1, -0.05) is 11.8 Å². The SMILES string of the molecule is SC1(S)NN=CS1. The predicted molar refractivity (Wildman–Crippen MR) is 39.9 cm³/mol. The minimum atomic E-state index is -0.472. The molecule has 0 spiro atoms. The molecule has 0 radical (unpaired) electrons. The zero-order valence-electron chi connectivity index (χ0n) is 3.33. The van der Waals surface area contributed by atoms with Gasteiger partial charge in [0.1, 0.15) is 0 Å².